The van der Waals surface area contributed by atoms with Crippen LogP contribution in [0.15, 0.2) is 29.6 Å². The summed E-state index contributed by atoms with van der Waals surface area (Å²) in [7, 11) is 0. The lowest BCUT2D eigenvalue weighted by molar-refractivity contribution is 1.23. The maximum Gasteiger partial charge on any atom is 0.225 e. The molecule has 5 heteroatoms. The van der Waals surface area contributed by atoms with E-state index in [-0.39, 0.29) is 5.28 Å². The predicted molar refractivity (Wildman–Crippen MR) is 81.6 cm³/mol. The van der Waals surface area contributed by atoms with Gasteiger partial charge in [-0.3, -0.25) is 0 Å². The van der Waals surface area contributed by atoms with Crippen molar-refractivity contribution in [2.75, 3.05) is 5.32 Å². The number of nitrogens with zero attached hydrogens (tertiary/aromatic N) is 2. The Labute approximate surface area is 120 Å². The Morgan fingerprint density at radius 3 is 2.74 bits per heavy atom. The normalized spacial score (nSPS) is 10.9. The molecular formula is C14H12ClN3S. The quantitative estimate of drug-likeness (QED) is 0.695. The van der Waals surface area contributed by atoms with Gasteiger partial charge in [0.2, 0.25) is 5.28 Å². The molecule has 0 spiro atoms. The number of anilines is 2. The average Bonchev–Trinajstić information content (AvgIpc) is 2.82. The first-order chi connectivity index (χ1) is 9.13. The van der Waals surface area contributed by atoms with Gasteiger partial charge in [0.25, 0.3) is 0 Å². The maximum absolute atomic E-state index is 5.95. The molecule has 3 rings (SSSR count). The van der Waals surface area contributed by atoms with Gasteiger partial charge in [0.1, 0.15) is 10.6 Å². The van der Waals surface area contributed by atoms with Crippen LogP contribution in [-0.2, 0) is 0 Å². The van der Waals surface area contributed by atoms with Gasteiger partial charge in [-0.15, -0.1) is 11.3 Å². The van der Waals surface area contributed by atoms with Crippen molar-refractivity contribution >= 4 is 44.7 Å². The fourth-order valence-electron chi connectivity index (χ4n) is 1.88. The van der Waals surface area contributed by atoms with Crippen LogP contribution in [0.2, 0.25) is 5.28 Å². The lowest BCUT2D eigenvalue weighted by Gasteiger charge is -2.09. The molecule has 0 aliphatic carbocycles. The molecule has 0 unspecified atom stereocenters. The molecule has 0 aliphatic heterocycles. The van der Waals surface area contributed by atoms with Gasteiger partial charge in [0, 0.05) is 5.69 Å². The molecule has 0 saturated carbocycles. The van der Waals surface area contributed by atoms with E-state index in [1.54, 1.807) is 11.3 Å². The number of halogens is 1. The molecule has 0 aliphatic rings. The average molecular weight is 290 g/mol. The highest BCUT2D eigenvalue weighted by Gasteiger charge is 2.08. The Hall–Kier alpha value is -1.65. The summed E-state index contributed by atoms with van der Waals surface area (Å²) in [6.45, 7) is 4.19. The number of benzene rings is 1. The number of aryl methyl sites for hydroxylation is 2. The van der Waals surface area contributed by atoms with Crippen LogP contribution in [0.4, 0.5) is 11.5 Å². The van der Waals surface area contributed by atoms with Gasteiger partial charge in [-0.05, 0) is 60.2 Å². The zero-order valence-electron chi connectivity index (χ0n) is 10.6. The van der Waals surface area contributed by atoms with E-state index in [0.717, 1.165) is 21.7 Å². The fraction of sp³-hybridized carbons (Fsp3) is 0.143. The van der Waals surface area contributed by atoms with Gasteiger partial charge < -0.3 is 5.32 Å². The molecule has 0 amide bonds. The van der Waals surface area contributed by atoms with Crippen molar-refractivity contribution in [3.8, 4) is 0 Å². The first-order valence-corrected chi connectivity index (χ1v) is 7.14. The minimum absolute atomic E-state index is 0.265. The molecule has 2 aromatic heterocycles. The van der Waals surface area contributed by atoms with E-state index in [1.165, 1.54) is 11.1 Å². The van der Waals surface area contributed by atoms with Crippen LogP contribution >= 0.6 is 22.9 Å². The summed E-state index contributed by atoms with van der Waals surface area (Å²) in [6.07, 6.45) is 0. The van der Waals surface area contributed by atoms with Gasteiger partial charge >= 0.3 is 0 Å². The fourth-order valence-corrected chi connectivity index (χ4v) is 2.86. The summed E-state index contributed by atoms with van der Waals surface area (Å²) in [5.41, 5.74) is 3.52. The molecule has 96 valence electrons. The summed E-state index contributed by atoms with van der Waals surface area (Å²) in [6, 6.07) is 8.23. The van der Waals surface area contributed by atoms with E-state index in [9.17, 15) is 0 Å². The smallest absolute Gasteiger partial charge is 0.225 e. The molecule has 3 aromatic rings. The third-order valence-corrected chi connectivity index (χ3v) is 4.04. The highest BCUT2D eigenvalue weighted by atomic mass is 35.5. The lowest BCUT2D eigenvalue weighted by atomic mass is 10.1. The van der Waals surface area contributed by atoms with Crippen molar-refractivity contribution in [1.82, 2.24) is 9.97 Å². The van der Waals surface area contributed by atoms with Crippen molar-refractivity contribution in [2.24, 2.45) is 0 Å². The summed E-state index contributed by atoms with van der Waals surface area (Å²) < 4.78 is 0. The number of nitrogens with one attached hydrogen (secondary N) is 1. The molecule has 1 N–H and O–H groups in total. The number of fused-ring (bicyclic) bond motifs is 1. The molecule has 19 heavy (non-hydrogen) atoms. The molecule has 0 bridgehead atoms. The zero-order chi connectivity index (χ0) is 13.4. The van der Waals surface area contributed by atoms with Crippen molar-refractivity contribution in [1.29, 1.82) is 0 Å². The standard InChI is InChI=1S/C14H12ClN3S/c1-8-3-4-10(7-9(8)2)16-12-11-5-6-19-13(11)18-14(15)17-12/h3-7H,1-2H3,(H,16,17,18). The van der Waals surface area contributed by atoms with E-state index in [4.69, 9.17) is 11.6 Å². The summed E-state index contributed by atoms with van der Waals surface area (Å²) in [5.74, 6) is 0.750. The zero-order valence-corrected chi connectivity index (χ0v) is 12.1. The van der Waals surface area contributed by atoms with Crippen molar-refractivity contribution < 1.29 is 0 Å². The molecule has 3 nitrogen and oxygen atoms in total. The number of thiophene rings is 1. The van der Waals surface area contributed by atoms with Gasteiger partial charge in [-0.2, -0.15) is 4.98 Å². The van der Waals surface area contributed by atoms with Crippen LogP contribution in [0.5, 0.6) is 0 Å². The highest BCUT2D eigenvalue weighted by molar-refractivity contribution is 7.16. The molecule has 0 atom stereocenters. The van der Waals surface area contributed by atoms with E-state index in [1.807, 2.05) is 17.5 Å². The second-order valence-corrected chi connectivity index (χ2v) is 5.64. The molecule has 1 aromatic carbocycles. The maximum atomic E-state index is 5.95. The second kappa shape index (κ2) is 4.79. The third kappa shape index (κ3) is 2.41. The van der Waals surface area contributed by atoms with Crippen LogP contribution in [0.25, 0.3) is 10.2 Å². The Balaban J connectivity index is 2.04. The Morgan fingerprint density at radius 2 is 1.95 bits per heavy atom. The SMILES string of the molecule is Cc1ccc(Nc2nc(Cl)nc3sccc23)cc1C. The highest BCUT2D eigenvalue weighted by Crippen LogP contribution is 2.29. The third-order valence-electron chi connectivity index (χ3n) is 3.07. The topological polar surface area (TPSA) is 37.8 Å². The van der Waals surface area contributed by atoms with Gasteiger partial charge in [0.05, 0.1) is 5.39 Å². The number of hydrogen-bond acceptors (Lipinski definition) is 4. The van der Waals surface area contributed by atoms with Crippen LogP contribution < -0.4 is 5.32 Å². The minimum Gasteiger partial charge on any atom is -0.340 e. The molecular weight excluding hydrogens is 278 g/mol. The lowest BCUT2D eigenvalue weighted by Crippen LogP contribution is -1.96. The molecule has 0 saturated heterocycles. The van der Waals surface area contributed by atoms with E-state index >= 15 is 0 Å². The van der Waals surface area contributed by atoms with E-state index < -0.39 is 0 Å². The van der Waals surface area contributed by atoms with Crippen LogP contribution in [0.3, 0.4) is 0 Å². The van der Waals surface area contributed by atoms with Gasteiger partial charge in [0.15, 0.2) is 0 Å². The van der Waals surface area contributed by atoms with Crippen LogP contribution in [-0.4, -0.2) is 9.97 Å². The van der Waals surface area contributed by atoms with Crippen molar-refractivity contribution in [2.45, 2.75) is 13.8 Å². The van der Waals surface area contributed by atoms with Crippen molar-refractivity contribution in [3.63, 3.8) is 0 Å². The van der Waals surface area contributed by atoms with Gasteiger partial charge in [-0.1, -0.05) is 6.07 Å². The first kappa shape index (κ1) is 12.4. The molecule has 0 fully saturated rings. The molecule has 2 heterocycles. The number of rotatable bonds is 2. The van der Waals surface area contributed by atoms with E-state index in [0.29, 0.717) is 0 Å². The van der Waals surface area contributed by atoms with E-state index in [2.05, 4.69) is 41.3 Å². The molecule has 0 radical (unpaired) electrons. The summed E-state index contributed by atoms with van der Waals surface area (Å²) >= 11 is 7.50. The summed E-state index contributed by atoms with van der Waals surface area (Å²) in [5, 5.41) is 6.56. The van der Waals surface area contributed by atoms with Gasteiger partial charge in [-0.25, -0.2) is 4.98 Å². The predicted octanol–water partition coefficient (Wildman–Crippen LogP) is 4.71. The number of hydrogen-bond donors (Lipinski definition) is 1. The Bertz CT molecular complexity index is 752. The monoisotopic (exact) mass is 289 g/mol. The second-order valence-electron chi connectivity index (χ2n) is 4.40. The number of aromatic nitrogens is 2. The first-order valence-electron chi connectivity index (χ1n) is 5.88. The minimum atomic E-state index is 0.265. The summed E-state index contributed by atoms with van der Waals surface area (Å²) in [4.78, 5) is 9.37. The van der Waals surface area contributed by atoms with Crippen molar-refractivity contribution in [3.05, 3.63) is 46.1 Å². The largest absolute Gasteiger partial charge is 0.340 e. The van der Waals surface area contributed by atoms with Crippen LogP contribution in [0.1, 0.15) is 11.1 Å². The Morgan fingerprint density at radius 1 is 1.11 bits per heavy atom. The van der Waals surface area contributed by atoms with Crippen LogP contribution in [0, 0.1) is 13.8 Å². The Kier molecular flexibility index (Phi) is 3.12.